The van der Waals surface area contributed by atoms with Crippen LogP contribution in [0, 0.1) is 5.92 Å². The molecule has 0 aromatic rings. The molecule has 2 atom stereocenters. The molecule has 1 aliphatic heterocycles. The first-order chi connectivity index (χ1) is 5.52. The van der Waals surface area contributed by atoms with Gasteiger partial charge in [-0.05, 0) is 46.0 Å². The lowest BCUT2D eigenvalue weighted by atomic mass is 9.86. The van der Waals surface area contributed by atoms with Crippen LogP contribution in [0.15, 0.2) is 0 Å². The van der Waals surface area contributed by atoms with Crippen molar-refractivity contribution in [3.8, 4) is 0 Å². The smallest absolute Gasteiger partial charge is 0.0655 e. The third-order valence-electron chi connectivity index (χ3n) is 2.86. The third kappa shape index (κ3) is 2.46. The molecule has 0 amide bonds. The molecule has 2 nitrogen and oxygen atoms in total. The van der Waals surface area contributed by atoms with Gasteiger partial charge in [0, 0.05) is 6.61 Å². The van der Waals surface area contributed by atoms with E-state index in [9.17, 15) is 0 Å². The fourth-order valence-electron chi connectivity index (χ4n) is 1.86. The van der Waals surface area contributed by atoms with Crippen LogP contribution >= 0.6 is 0 Å². The second kappa shape index (κ2) is 3.75. The van der Waals surface area contributed by atoms with Crippen LogP contribution in [-0.4, -0.2) is 23.4 Å². The first kappa shape index (κ1) is 10.0. The molecule has 1 heterocycles. The monoisotopic (exact) mass is 172 g/mol. The van der Waals surface area contributed by atoms with E-state index < -0.39 is 0 Å². The number of aliphatic hydroxyl groups excluding tert-OH is 1. The van der Waals surface area contributed by atoms with E-state index in [2.05, 4.69) is 13.8 Å². The average molecular weight is 172 g/mol. The SMILES string of the molecule is CC(O)CC[C@H]1CCOC1(C)C. The van der Waals surface area contributed by atoms with Crippen LogP contribution in [0.1, 0.15) is 40.0 Å². The maximum atomic E-state index is 9.14. The summed E-state index contributed by atoms with van der Waals surface area (Å²) < 4.78 is 5.60. The Kier molecular flexibility index (Phi) is 3.13. The minimum absolute atomic E-state index is 0.0366. The zero-order valence-corrected chi connectivity index (χ0v) is 8.34. The van der Waals surface area contributed by atoms with Crippen LogP contribution in [-0.2, 0) is 4.74 Å². The lowest BCUT2D eigenvalue weighted by Gasteiger charge is -2.26. The van der Waals surface area contributed by atoms with E-state index in [0.717, 1.165) is 25.9 Å². The molecule has 0 saturated carbocycles. The number of ether oxygens (including phenoxy) is 1. The van der Waals surface area contributed by atoms with Crippen molar-refractivity contribution < 1.29 is 9.84 Å². The third-order valence-corrected chi connectivity index (χ3v) is 2.86. The number of aliphatic hydroxyl groups is 1. The molecule has 0 aromatic heterocycles. The maximum Gasteiger partial charge on any atom is 0.0655 e. The predicted molar refractivity (Wildman–Crippen MR) is 49.1 cm³/mol. The molecule has 0 aromatic carbocycles. The number of hydrogen-bond acceptors (Lipinski definition) is 2. The van der Waals surface area contributed by atoms with E-state index in [0.29, 0.717) is 5.92 Å². The van der Waals surface area contributed by atoms with Crippen molar-refractivity contribution >= 4 is 0 Å². The molecule has 12 heavy (non-hydrogen) atoms. The lowest BCUT2D eigenvalue weighted by molar-refractivity contribution is 0.00633. The standard InChI is InChI=1S/C10H20O2/c1-8(11)4-5-9-6-7-12-10(9,2)3/h8-9,11H,4-7H2,1-3H3/t8?,9-/m0/s1. The van der Waals surface area contributed by atoms with Gasteiger partial charge >= 0.3 is 0 Å². The first-order valence-corrected chi connectivity index (χ1v) is 4.84. The van der Waals surface area contributed by atoms with Gasteiger partial charge in [0.15, 0.2) is 0 Å². The number of hydrogen-bond donors (Lipinski definition) is 1. The van der Waals surface area contributed by atoms with Gasteiger partial charge in [-0.2, -0.15) is 0 Å². The molecular formula is C10H20O2. The minimum atomic E-state index is -0.165. The van der Waals surface area contributed by atoms with Gasteiger partial charge < -0.3 is 9.84 Å². The average Bonchev–Trinajstić information content (AvgIpc) is 2.25. The second-order valence-corrected chi connectivity index (χ2v) is 4.36. The lowest BCUT2D eigenvalue weighted by Crippen LogP contribution is -2.27. The summed E-state index contributed by atoms with van der Waals surface area (Å²) in [5, 5.41) is 9.14. The minimum Gasteiger partial charge on any atom is -0.393 e. The van der Waals surface area contributed by atoms with E-state index >= 15 is 0 Å². The van der Waals surface area contributed by atoms with E-state index in [-0.39, 0.29) is 11.7 Å². The summed E-state index contributed by atoms with van der Waals surface area (Å²) in [4.78, 5) is 0. The molecule has 0 bridgehead atoms. The molecule has 1 N–H and O–H groups in total. The summed E-state index contributed by atoms with van der Waals surface area (Å²) in [6.45, 7) is 7.03. The summed E-state index contributed by atoms with van der Waals surface area (Å²) in [5.74, 6) is 0.632. The van der Waals surface area contributed by atoms with Crippen LogP contribution in [0.4, 0.5) is 0 Å². The Morgan fingerprint density at radius 2 is 2.25 bits per heavy atom. The summed E-state index contributed by atoms with van der Waals surface area (Å²) >= 11 is 0. The molecule has 0 aliphatic carbocycles. The van der Waals surface area contributed by atoms with Crippen molar-refractivity contribution in [1.82, 2.24) is 0 Å². The zero-order valence-electron chi connectivity index (χ0n) is 8.34. The van der Waals surface area contributed by atoms with Gasteiger partial charge in [-0.1, -0.05) is 0 Å². The summed E-state index contributed by atoms with van der Waals surface area (Å²) in [6.07, 6.45) is 2.98. The molecule has 0 radical (unpaired) electrons. The fourth-order valence-corrected chi connectivity index (χ4v) is 1.86. The van der Waals surface area contributed by atoms with Crippen LogP contribution in [0.3, 0.4) is 0 Å². The van der Waals surface area contributed by atoms with Crippen LogP contribution in [0.25, 0.3) is 0 Å². The van der Waals surface area contributed by atoms with Gasteiger partial charge in [-0.3, -0.25) is 0 Å². The summed E-state index contributed by atoms with van der Waals surface area (Å²) in [7, 11) is 0. The normalized spacial score (nSPS) is 30.5. The molecular weight excluding hydrogens is 152 g/mol. The largest absolute Gasteiger partial charge is 0.393 e. The van der Waals surface area contributed by atoms with Gasteiger partial charge in [0.1, 0.15) is 0 Å². The predicted octanol–water partition coefficient (Wildman–Crippen LogP) is 1.96. The molecule has 1 saturated heterocycles. The van der Waals surface area contributed by atoms with Gasteiger partial charge in [0.2, 0.25) is 0 Å². The van der Waals surface area contributed by atoms with Crippen molar-refractivity contribution in [2.45, 2.75) is 51.7 Å². The topological polar surface area (TPSA) is 29.5 Å². The van der Waals surface area contributed by atoms with Crippen LogP contribution in [0.2, 0.25) is 0 Å². The van der Waals surface area contributed by atoms with Crippen molar-refractivity contribution in [3.05, 3.63) is 0 Å². The summed E-state index contributed by atoms with van der Waals surface area (Å²) in [6, 6.07) is 0. The summed E-state index contributed by atoms with van der Waals surface area (Å²) in [5.41, 5.74) is 0.0366. The molecule has 0 spiro atoms. The van der Waals surface area contributed by atoms with Crippen molar-refractivity contribution in [3.63, 3.8) is 0 Å². The van der Waals surface area contributed by atoms with E-state index in [1.807, 2.05) is 6.92 Å². The second-order valence-electron chi connectivity index (χ2n) is 4.36. The van der Waals surface area contributed by atoms with E-state index in [1.165, 1.54) is 0 Å². The highest BCUT2D eigenvalue weighted by Crippen LogP contribution is 2.34. The highest BCUT2D eigenvalue weighted by Gasteiger charge is 2.35. The quantitative estimate of drug-likeness (QED) is 0.705. The van der Waals surface area contributed by atoms with Crippen LogP contribution in [0.5, 0.6) is 0 Å². The number of rotatable bonds is 3. The van der Waals surface area contributed by atoms with E-state index in [4.69, 9.17) is 9.84 Å². The van der Waals surface area contributed by atoms with Gasteiger partial charge in [-0.15, -0.1) is 0 Å². The Hall–Kier alpha value is -0.0800. The van der Waals surface area contributed by atoms with Gasteiger partial charge in [-0.25, -0.2) is 0 Å². The highest BCUT2D eigenvalue weighted by atomic mass is 16.5. The van der Waals surface area contributed by atoms with Crippen molar-refractivity contribution in [1.29, 1.82) is 0 Å². The first-order valence-electron chi connectivity index (χ1n) is 4.84. The molecule has 2 heteroatoms. The van der Waals surface area contributed by atoms with Crippen LogP contribution < -0.4 is 0 Å². The Balaban J connectivity index is 2.32. The molecule has 1 fully saturated rings. The zero-order chi connectivity index (χ0) is 9.19. The Morgan fingerprint density at radius 1 is 1.58 bits per heavy atom. The maximum absolute atomic E-state index is 9.14. The molecule has 1 rings (SSSR count). The van der Waals surface area contributed by atoms with Crippen molar-refractivity contribution in [2.24, 2.45) is 5.92 Å². The molecule has 72 valence electrons. The van der Waals surface area contributed by atoms with Crippen molar-refractivity contribution in [2.75, 3.05) is 6.61 Å². The fraction of sp³-hybridized carbons (Fsp3) is 1.00. The van der Waals surface area contributed by atoms with E-state index in [1.54, 1.807) is 0 Å². The molecule has 1 unspecified atom stereocenters. The van der Waals surface area contributed by atoms with Gasteiger partial charge in [0.05, 0.1) is 11.7 Å². The Morgan fingerprint density at radius 3 is 2.67 bits per heavy atom. The Labute approximate surface area is 74.9 Å². The van der Waals surface area contributed by atoms with Gasteiger partial charge in [0.25, 0.3) is 0 Å². The molecule has 1 aliphatic rings. The Bertz CT molecular complexity index is 141. The highest BCUT2D eigenvalue weighted by molar-refractivity contribution is 4.84.